The zero-order valence-corrected chi connectivity index (χ0v) is 12.9. The molecule has 3 N–H and O–H groups in total. The lowest BCUT2D eigenvalue weighted by atomic mass is 10.3. The third-order valence-electron chi connectivity index (χ3n) is 2.67. The van der Waals surface area contributed by atoms with Crippen LogP contribution in [-0.4, -0.2) is 30.1 Å². The van der Waals surface area contributed by atoms with E-state index < -0.39 is 0 Å². The van der Waals surface area contributed by atoms with Crippen LogP contribution >= 0.6 is 15.9 Å². The summed E-state index contributed by atoms with van der Waals surface area (Å²) in [6.45, 7) is 1.87. The molecule has 20 heavy (non-hydrogen) atoms. The van der Waals surface area contributed by atoms with Crippen molar-refractivity contribution < 1.29 is 0 Å². The molecule has 1 aromatic carbocycles. The molecule has 0 saturated heterocycles. The molecule has 0 amide bonds. The monoisotopic (exact) mass is 335 g/mol. The average molecular weight is 336 g/mol. The minimum absolute atomic E-state index is 0.772. The highest BCUT2D eigenvalue weighted by Crippen LogP contribution is 2.20. The van der Waals surface area contributed by atoms with Crippen LogP contribution in [0.15, 0.2) is 41.1 Å². The quantitative estimate of drug-likeness (QED) is 0.679. The molecular weight excluding hydrogens is 318 g/mol. The third kappa shape index (κ3) is 4.79. The van der Waals surface area contributed by atoms with Crippen LogP contribution in [-0.2, 0) is 0 Å². The van der Waals surface area contributed by atoms with Crippen LogP contribution in [0.4, 0.5) is 17.3 Å². The molecule has 2 rings (SSSR count). The van der Waals surface area contributed by atoms with E-state index >= 15 is 0 Å². The van der Waals surface area contributed by atoms with Gasteiger partial charge < -0.3 is 16.0 Å². The van der Waals surface area contributed by atoms with Gasteiger partial charge in [0.1, 0.15) is 18.0 Å². The fraction of sp³-hybridized carbons (Fsp3) is 0.286. The Bertz CT molecular complexity index is 547. The largest absolute Gasteiger partial charge is 0.370 e. The van der Waals surface area contributed by atoms with Crippen molar-refractivity contribution in [2.45, 2.75) is 6.42 Å². The highest BCUT2D eigenvalue weighted by Gasteiger charge is 2.00. The summed E-state index contributed by atoms with van der Waals surface area (Å²) in [6.07, 6.45) is 2.61. The summed E-state index contributed by atoms with van der Waals surface area (Å²) < 4.78 is 1.03. The molecule has 1 heterocycles. The zero-order chi connectivity index (χ0) is 14.2. The first-order valence-electron chi connectivity index (χ1n) is 6.51. The predicted octanol–water partition coefficient (Wildman–Crippen LogP) is 3.00. The Labute approximate surface area is 127 Å². The lowest BCUT2D eigenvalue weighted by molar-refractivity contribution is 0.746. The number of halogens is 1. The van der Waals surface area contributed by atoms with E-state index in [4.69, 9.17) is 0 Å². The van der Waals surface area contributed by atoms with Crippen LogP contribution in [0.1, 0.15) is 6.42 Å². The molecule has 106 valence electrons. The van der Waals surface area contributed by atoms with E-state index in [0.717, 1.165) is 41.3 Å². The van der Waals surface area contributed by atoms with E-state index in [1.165, 1.54) is 0 Å². The van der Waals surface area contributed by atoms with Crippen LogP contribution < -0.4 is 16.0 Å². The van der Waals surface area contributed by atoms with Gasteiger partial charge >= 0.3 is 0 Å². The van der Waals surface area contributed by atoms with Gasteiger partial charge in [-0.15, -0.1) is 0 Å². The molecule has 0 bridgehead atoms. The minimum atomic E-state index is 0.772. The van der Waals surface area contributed by atoms with E-state index in [-0.39, 0.29) is 0 Å². The Hall–Kier alpha value is -1.66. The lowest BCUT2D eigenvalue weighted by Gasteiger charge is -2.08. The second-order valence-electron chi connectivity index (χ2n) is 4.31. The zero-order valence-electron chi connectivity index (χ0n) is 11.4. The summed E-state index contributed by atoms with van der Waals surface area (Å²) in [5, 5.41) is 9.64. The second-order valence-corrected chi connectivity index (χ2v) is 5.22. The van der Waals surface area contributed by atoms with Gasteiger partial charge in [-0.25, -0.2) is 9.97 Å². The van der Waals surface area contributed by atoms with Gasteiger partial charge in [0.15, 0.2) is 0 Å². The maximum Gasteiger partial charge on any atom is 0.135 e. The molecule has 0 saturated carbocycles. The van der Waals surface area contributed by atoms with Crippen LogP contribution in [0.3, 0.4) is 0 Å². The number of hydrogen-bond donors (Lipinski definition) is 3. The first-order valence-corrected chi connectivity index (χ1v) is 7.30. The molecule has 1 aromatic heterocycles. The Morgan fingerprint density at radius 3 is 2.75 bits per heavy atom. The second kappa shape index (κ2) is 7.81. The van der Waals surface area contributed by atoms with Gasteiger partial charge in [-0.05, 0) is 38.2 Å². The van der Waals surface area contributed by atoms with E-state index in [9.17, 15) is 0 Å². The average Bonchev–Trinajstić information content (AvgIpc) is 2.44. The summed E-state index contributed by atoms with van der Waals surface area (Å²) in [5.74, 6) is 1.60. The van der Waals surface area contributed by atoms with E-state index in [1.54, 1.807) is 6.33 Å². The van der Waals surface area contributed by atoms with Gasteiger partial charge in [0, 0.05) is 22.8 Å². The van der Waals surface area contributed by atoms with Crippen LogP contribution in [0, 0.1) is 0 Å². The van der Waals surface area contributed by atoms with E-state index in [0.29, 0.717) is 0 Å². The summed E-state index contributed by atoms with van der Waals surface area (Å²) in [4.78, 5) is 8.42. The number of aromatic nitrogens is 2. The van der Waals surface area contributed by atoms with Crippen molar-refractivity contribution in [3.8, 4) is 0 Å². The maximum absolute atomic E-state index is 4.22. The number of rotatable bonds is 7. The summed E-state index contributed by atoms with van der Waals surface area (Å²) in [7, 11) is 1.95. The van der Waals surface area contributed by atoms with Crippen molar-refractivity contribution in [2.24, 2.45) is 0 Å². The summed E-state index contributed by atoms with van der Waals surface area (Å²) >= 11 is 3.45. The van der Waals surface area contributed by atoms with Crippen LogP contribution in [0.25, 0.3) is 0 Å². The molecule has 0 spiro atoms. The maximum atomic E-state index is 4.22. The molecule has 0 fully saturated rings. The number of hydrogen-bond acceptors (Lipinski definition) is 5. The Kier molecular flexibility index (Phi) is 5.76. The molecule has 0 radical (unpaired) electrons. The third-order valence-corrected chi connectivity index (χ3v) is 3.17. The number of nitrogens with zero attached hydrogens (tertiary/aromatic N) is 2. The fourth-order valence-corrected chi connectivity index (χ4v) is 2.12. The molecular formula is C14H18BrN5. The molecule has 0 aliphatic carbocycles. The molecule has 0 atom stereocenters. The SMILES string of the molecule is CNCCCNc1cc(Nc2cccc(Br)c2)ncn1. The Morgan fingerprint density at radius 1 is 1.10 bits per heavy atom. The molecule has 0 aliphatic rings. The normalized spacial score (nSPS) is 10.3. The molecule has 6 heteroatoms. The van der Waals surface area contributed by atoms with Crippen molar-refractivity contribution >= 4 is 33.3 Å². The Morgan fingerprint density at radius 2 is 1.95 bits per heavy atom. The highest BCUT2D eigenvalue weighted by atomic mass is 79.9. The number of anilines is 3. The Balaban J connectivity index is 1.95. The minimum Gasteiger partial charge on any atom is -0.370 e. The first-order chi connectivity index (χ1) is 9.78. The highest BCUT2D eigenvalue weighted by molar-refractivity contribution is 9.10. The molecule has 0 unspecified atom stereocenters. The smallest absolute Gasteiger partial charge is 0.135 e. The van der Waals surface area contributed by atoms with E-state index in [1.807, 2.05) is 37.4 Å². The van der Waals surface area contributed by atoms with Gasteiger partial charge in [-0.3, -0.25) is 0 Å². The van der Waals surface area contributed by atoms with Gasteiger partial charge in [-0.2, -0.15) is 0 Å². The van der Waals surface area contributed by atoms with Crippen molar-refractivity contribution in [3.63, 3.8) is 0 Å². The molecule has 0 aliphatic heterocycles. The molecule has 2 aromatic rings. The van der Waals surface area contributed by atoms with Gasteiger partial charge in [0.2, 0.25) is 0 Å². The van der Waals surface area contributed by atoms with Crippen molar-refractivity contribution in [3.05, 3.63) is 41.1 Å². The van der Waals surface area contributed by atoms with Crippen molar-refractivity contribution in [1.82, 2.24) is 15.3 Å². The van der Waals surface area contributed by atoms with Gasteiger partial charge in [0.05, 0.1) is 0 Å². The van der Waals surface area contributed by atoms with Gasteiger partial charge in [0.25, 0.3) is 0 Å². The van der Waals surface area contributed by atoms with Crippen molar-refractivity contribution in [2.75, 3.05) is 30.8 Å². The van der Waals surface area contributed by atoms with Gasteiger partial charge in [-0.1, -0.05) is 22.0 Å². The molecule has 5 nitrogen and oxygen atoms in total. The van der Waals surface area contributed by atoms with Crippen LogP contribution in [0.2, 0.25) is 0 Å². The topological polar surface area (TPSA) is 61.9 Å². The summed E-state index contributed by atoms with van der Waals surface area (Å²) in [5.41, 5.74) is 0.985. The summed E-state index contributed by atoms with van der Waals surface area (Å²) in [6, 6.07) is 9.86. The predicted molar refractivity (Wildman–Crippen MR) is 86.5 cm³/mol. The number of nitrogens with one attached hydrogen (secondary N) is 3. The van der Waals surface area contributed by atoms with Crippen molar-refractivity contribution in [1.29, 1.82) is 0 Å². The number of benzene rings is 1. The van der Waals surface area contributed by atoms with Crippen LogP contribution in [0.5, 0.6) is 0 Å². The fourth-order valence-electron chi connectivity index (χ4n) is 1.72. The van der Waals surface area contributed by atoms with E-state index in [2.05, 4.69) is 41.8 Å². The standard InChI is InChI=1S/C14H18BrN5/c1-16-6-3-7-17-13-9-14(19-10-18-13)20-12-5-2-4-11(15)8-12/h2,4-5,8-10,16H,3,6-7H2,1H3,(H2,17,18,19,20). The lowest BCUT2D eigenvalue weighted by Crippen LogP contribution is -2.13. The first kappa shape index (κ1) is 14.7.